The van der Waals surface area contributed by atoms with Crippen molar-refractivity contribution < 1.29 is 14.3 Å². The van der Waals surface area contributed by atoms with Crippen LogP contribution in [-0.4, -0.2) is 11.9 Å². The third-order valence-corrected chi connectivity index (χ3v) is 2.88. The average molecular weight is 218 g/mol. The first-order chi connectivity index (χ1) is 7.58. The van der Waals surface area contributed by atoms with Crippen LogP contribution in [0.15, 0.2) is 24.3 Å². The minimum atomic E-state index is -0.428. The number of hydrogen-bond donors (Lipinski definition) is 0. The topological polar surface area (TPSA) is 43.4 Å². The van der Waals surface area contributed by atoms with Gasteiger partial charge in [0.05, 0.1) is 12.3 Å². The molecule has 3 nitrogen and oxygen atoms in total. The Kier molecular flexibility index (Phi) is 2.77. The van der Waals surface area contributed by atoms with Crippen molar-refractivity contribution in [1.29, 1.82) is 0 Å². The molecule has 0 saturated carbocycles. The summed E-state index contributed by atoms with van der Waals surface area (Å²) in [6, 6.07) is 7.80. The monoisotopic (exact) mass is 218 g/mol. The molecule has 1 aromatic carbocycles. The van der Waals surface area contributed by atoms with E-state index in [0.717, 1.165) is 5.56 Å². The maximum Gasteiger partial charge on any atom is 0.321 e. The number of benzene rings is 1. The van der Waals surface area contributed by atoms with E-state index in [9.17, 15) is 9.59 Å². The van der Waals surface area contributed by atoms with Crippen LogP contribution in [0.2, 0.25) is 0 Å². The van der Waals surface area contributed by atoms with Crippen LogP contribution in [0.5, 0.6) is 0 Å². The van der Waals surface area contributed by atoms with E-state index < -0.39 is 17.9 Å². The molecule has 1 atom stereocenters. The summed E-state index contributed by atoms with van der Waals surface area (Å²) in [5.41, 5.74) is 2.08. The van der Waals surface area contributed by atoms with Crippen molar-refractivity contribution in [2.45, 2.75) is 32.1 Å². The van der Waals surface area contributed by atoms with Gasteiger partial charge in [0.25, 0.3) is 0 Å². The molecule has 0 N–H and O–H groups in total. The Labute approximate surface area is 94.4 Å². The molecule has 2 rings (SSSR count). The molecule has 1 saturated heterocycles. The molecule has 0 spiro atoms. The summed E-state index contributed by atoms with van der Waals surface area (Å²) in [4.78, 5) is 22.3. The zero-order chi connectivity index (χ0) is 11.7. The normalized spacial score (nSPS) is 20.3. The third kappa shape index (κ3) is 1.98. The van der Waals surface area contributed by atoms with Crippen molar-refractivity contribution in [3.05, 3.63) is 35.4 Å². The van der Waals surface area contributed by atoms with Gasteiger partial charge in [-0.25, -0.2) is 0 Å². The van der Waals surface area contributed by atoms with Gasteiger partial charge < -0.3 is 4.74 Å². The number of ether oxygens (including phenoxy) is 1. The average Bonchev–Trinajstić information content (AvgIpc) is 2.58. The minimum Gasteiger partial charge on any atom is -0.393 e. The van der Waals surface area contributed by atoms with Gasteiger partial charge in [0, 0.05) is 0 Å². The van der Waals surface area contributed by atoms with Crippen molar-refractivity contribution in [2.75, 3.05) is 0 Å². The van der Waals surface area contributed by atoms with E-state index in [1.54, 1.807) is 0 Å². The lowest BCUT2D eigenvalue weighted by atomic mass is 9.94. The molecule has 1 unspecified atom stereocenters. The summed E-state index contributed by atoms with van der Waals surface area (Å²) >= 11 is 0. The highest BCUT2D eigenvalue weighted by molar-refractivity contribution is 5.97. The molecule has 0 aliphatic carbocycles. The van der Waals surface area contributed by atoms with Crippen LogP contribution >= 0.6 is 0 Å². The van der Waals surface area contributed by atoms with Crippen molar-refractivity contribution in [1.82, 2.24) is 0 Å². The molecule has 3 heteroatoms. The molecule has 84 valence electrons. The second-order valence-corrected chi connectivity index (χ2v) is 4.37. The highest BCUT2D eigenvalue weighted by Crippen LogP contribution is 2.28. The molecular weight excluding hydrogens is 204 g/mol. The van der Waals surface area contributed by atoms with E-state index in [1.165, 1.54) is 5.56 Å². The second kappa shape index (κ2) is 4.08. The highest BCUT2D eigenvalue weighted by Gasteiger charge is 2.34. The van der Waals surface area contributed by atoms with Crippen LogP contribution in [0.1, 0.15) is 43.2 Å². The summed E-state index contributed by atoms with van der Waals surface area (Å²) in [5.74, 6) is -0.801. The van der Waals surface area contributed by atoms with E-state index in [4.69, 9.17) is 0 Å². The molecule has 1 aliphatic rings. The molecule has 0 bridgehead atoms. The third-order valence-electron chi connectivity index (χ3n) is 2.88. The van der Waals surface area contributed by atoms with Gasteiger partial charge in [-0.05, 0) is 17.0 Å². The molecule has 16 heavy (non-hydrogen) atoms. The Bertz CT molecular complexity index is 417. The van der Waals surface area contributed by atoms with E-state index in [0.29, 0.717) is 5.92 Å². The van der Waals surface area contributed by atoms with Crippen LogP contribution < -0.4 is 0 Å². The molecule has 1 aromatic rings. The molecule has 0 aromatic heterocycles. The van der Waals surface area contributed by atoms with Crippen LogP contribution in [0.3, 0.4) is 0 Å². The van der Waals surface area contributed by atoms with Gasteiger partial charge in [-0.3, -0.25) is 9.59 Å². The van der Waals surface area contributed by atoms with Crippen LogP contribution in [0, 0.1) is 0 Å². The van der Waals surface area contributed by atoms with Gasteiger partial charge in [-0.15, -0.1) is 0 Å². The number of carbonyl (C=O) groups excluding carboxylic acids is 2. The first-order valence-electron chi connectivity index (χ1n) is 5.42. The Hall–Kier alpha value is -1.64. The molecule has 1 fully saturated rings. The lowest BCUT2D eigenvalue weighted by molar-refractivity contribution is -0.152. The maximum absolute atomic E-state index is 11.4. The van der Waals surface area contributed by atoms with Gasteiger partial charge in [0.15, 0.2) is 0 Å². The predicted octanol–water partition coefficient (Wildman–Crippen LogP) is 2.37. The summed E-state index contributed by atoms with van der Waals surface area (Å²) in [7, 11) is 0. The van der Waals surface area contributed by atoms with Crippen LogP contribution in [0.4, 0.5) is 0 Å². The largest absolute Gasteiger partial charge is 0.393 e. The highest BCUT2D eigenvalue weighted by atomic mass is 16.6. The van der Waals surface area contributed by atoms with E-state index in [-0.39, 0.29) is 6.42 Å². The number of esters is 2. The Morgan fingerprint density at radius 3 is 2.25 bits per heavy atom. The summed E-state index contributed by atoms with van der Waals surface area (Å²) in [6.45, 7) is 4.23. The zero-order valence-corrected chi connectivity index (χ0v) is 9.40. The van der Waals surface area contributed by atoms with E-state index >= 15 is 0 Å². The number of carbonyl (C=O) groups is 2. The maximum atomic E-state index is 11.4. The summed E-state index contributed by atoms with van der Waals surface area (Å²) in [5, 5.41) is 0. The minimum absolute atomic E-state index is 0.167. The van der Waals surface area contributed by atoms with Gasteiger partial charge in [0.1, 0.15) is 0 Å². The predicted molar refractivity (Wildman–Crippen MR) is 59.0 cm³/mol. The van der Waals surface area contributed by atoms with Crippen molar-refractivity contribution in [3.63, 3.8) is 0 Å². The van der Waals surface area contributed by atoms with E-state index in [1.807, 2.05) is 24.3 Å². The number of hydrogen-bond acceptors (Lipinski definition) is 3. The van der Waals surface area contributed by atoms with Gasteiger partial charge in [-0.1, -0.05) is 38.1 Å². The number of cyclic esters (lactones) is 2. The van der Waals surface area contributed by atoms with Gasteiger partial charge in [-0.2, -0.15) is 0 Å². The summed E-state index contributed by atoms with van der Waals surface area (Å²) in [6.07, 6.45) is 0.167. The van der Waals surface area contributed by atoms with Crippen molar-refractivity contribution in [3.8, 4) is 0 Å². The molecule has 0 amide bonds. The fraction of sp³-hybridized carbons (Fsp3) is 0.385. The van der Waals surface area contributed by atoms with E-state index in [2.05, 4.69) is 18.6 Å². The Morgan fingerprint density at radius 1 is 1.19 bits per heavy atom. The summed E-state index contributed by atoms with van der Waals surface area (Å²) < 4.78 is 4.53. The van der Waals surface area contributed by atoms with Crippen LogP contribution in [-0.2, 0) is 14.3 Å². The molecule has 0 radical (unpaired) electrons. The Morgan fingerprint density at radius 2 is 1.81 bits per heavy atom. The quantitative estimate of drug-likeness (QED) is 0.565. The fourth-order valence-electron chi connectivity index (χ4n) is 1.84. The van der Waals surface area contributed by atoms with Crippen LogP contribution in [0.25, 0.3) is 0 Å². The lowest BCUT2D eigenvalue weighted by Gasteiger charge is -2.08. The first kappa shape index (κ1) is 10.9. The standard InChI is InChI=1S/C13H14O3/c1-8(2)9-3-5-10(6-4-9)11-7-12(14)16-13(11)15/h3-6,8,11H,7H2,1-2H3. The second-order valence-electron chi connectivity index (χ2n) is 4.37. The molecular formula is C13H14O3. The molecule has 1 heterocycles. The van der Waals surface area contributed by atoms with Crippen molar-refractivity contribution in [2.24, 2.45) is 0 Å². The number of rotatable bonds is 2. The van der Waals surface area contributed by atoms with Crippen molar-refractivity contribution >= 4 is 11.9 Å². The lowest BCUT2D eigenvalue weighted by Crippen LogP contribution is -2.05. The molecule has 1 aliphatic heterocycles. The van der Waals surface area contributed by atoms with Gasteiger partial charge >= 0.3 is 11.9 Å². The Balaban J connectivity index is 2.22. The SMILES string of the molecule is CC(C)c1ccc(C2CC(=O)OC2=O)cc1. The fourth-order valence-corrected chi connectivity index (χ4v) is 1.84. The van der Waals surface area contributed by atoms with Gasteiger partial charge in [0.2, 0.25) is 0 Å². The smallest absolute Gasteiger partial charge is 0.321 e. The first-order valence-corrected chi connectivity index (χ1v) is 5.42. The zero-order valence-electron chi connectivity index (χ0n) is 9.40.